The Kier molecular flexibility index (Phi) is 3.49. The number of aromatic nitrogens is 4. The van der Waals surface area contributed by atoms with Crippen molar-refractivity contribution in [1.82, 2.24) is 19.3 Å². The Morgan fingerprint density at radius 2 is 2.17 bits per heavy atom. The Bertz CT molecular complexity index is 967. The van der Waals surface area contributed by atoms with E-state index in [-0.39, 0.29) is 17.6 Å². The zero-order valence-electron chi connectivity index (χ0n) is 13.9. The summed E-state index contributed by atoms with van der Waals surface area (Å²) in [6, 6.07) is 5.80. The third-order valence-electron chi connectivity index (χ3n) is 4.66. The van der Waals surface area contributed by atoms with Crippen molar-refractivity contribution in [2.45, 2.75) is 38.3 Å². The third kappa shape index (κ3) is 2.34. The topological polar surface area (TPSA) is 78.7 Å². The highest BCUT2D eigenvalue weighted by atomic mass is 16.1. The number of rotatable bonds is 4. The summed E-state index contributed by atoms with van der Waals surface area (Å²) in [6.45, 7) is 2.02. The number of fused-ring (bicyclic) bond motifs is 1. The van der Waals surface area contributed by atoms with E-state index >= 15 is 0 Å². The average molecular weight is 323 g/mol. The second kappa shape index (κ2) is 5.56. The van der Waals surface area contributed by atoms with Gasteiger partial charge in [0.05, 0.1) is 23.1 Å². The van der Waals surface area contributed by atoms with Crippen LogP contribution in [0.25, 0.3) is 22.0 Å². The van der Waals surface area contributed by atoms with Crippen LogP contribution < -0.4 is 11.3 Å². The van der Waals surface area contributed by atoms with Gasteiger partial charge in [0.25, 0.3) is 5.56 Å². The second-order valence-electron chi connectivity index (χ2n) is 6.49. The van der Waals surface area contributed by atoms with Gasteiger partial charge in [0, 0.05) is 24.8 Å². The van der Waals surface area contributed by atoms with Gasteiger partial charge in [-0.05, 0) is 30.9 Å². The van der Waals surface area contributed by atoms with Crippen molar-refractivity contribution in [2.75, 3.05) is 0 Å². The van der Waals surface area contributed by atoms with E-state index in [1.165, 1.54) is 0 Å². The molecule has 0 aliphatic heterocycles. The molecule has 4 rings (SSSR count). The highest BCUT2D eigenvalue weighted by molar-refractivity contribution is 5.93. The van der Waals surface area contributed by atoms with Crippen molar-refractivity contribution in [2.24, 2.45) is 12.8 Å². The maximum atomic E-state index is 13.3. The maximum absolute atomic E-state index is 13.3. The van der Waals surface area contributed by atoms with E-state index in [0.29, 0.717) is 16.7 Å². The van der Waals surface area contributed by atoms with Crippen LogP contribution in [0.1, 0.15) is 44.1 Å². The number of nitrogens with zero attached hydrogens (tertiary/aromatic N) is 4. The normalized spacial score (nSPS) is 15.8. The van der Waals surface area contributed by atoms with E-state index in [0.717, 1.165) is 30.4 Å². The molecular formula is C18H21N5O. The maximum Gasteiger partial charge on any atom is 0.262 e. The Hall–Kier alpha value is -2.47. The third-order valence-corrected chi connectivity index (χ3v) is 4.66. The van der Waals surface area contributed by atoms with Gasteiger partial charge in [-0.25, -0.2) is 4.98 Å². The predicted octanol–water partition coefficient (Wildman–Crippen LogP) is 2.54. The molecular weight excluding hydrogens is 302 g/mol. The highest BCUT2D eigenvalue weighted by Crippen LogP contribution is 2.36. The van der Waals surface area contributed by atoms with E-state index in [1.54, 1.807) is 10.9 Å². The van der Waals surface area contributed by atoms with Crippen molar-refractivity contribution in [3.05, 3.63) is 46.8 Å². The summed E-state index contributed by atoms with van der Waals surface area (Å²) < 4.78 is 3.57. The van der Waals surface area contributed by atoms with Crippen LogP contribution in [0.4, 0.5) is 0 Å². The molecule has 0 bridgehead atoms. The minimum Gasteiger partial charge on any atom is -0.321 e. The van der Waals surface area contributed by atoms with Crippen molar-refractivity contribution >= 4 is 10.9 Å². The van der Waals surface area contributed by atoms with Gasteiger partial charge in [-0.1, -0.05) is 19.1 Å². The number of hydrogen-bond donors (Lipinski definition) is 1. The van der Waals surface area contributed by atoms with Crippen LogP contribution in [-0.2, 0) is 7.05 Å². The first-order chi connectivity index (χ1) is 11.6. The highest BCUT2D eigenvalue weighted by Gasteiger charge is 2.30. The molecule has 1 aliphatic carbocycles. The number of hydrogen-bond acceptors (Lipinski definition) is 4. The first-order valence-electron chi connectivity index (χ1n) is 8.40. The fourth-order valence-corrected chi connectivity index (χ4v) is 3.19. The standard InChI is InChI=1S/C18H21N5O/c1-3-14(19)17-21-15-6-4-5-13(11-9-20-22(2)10-11)16(15)18(24)23(17)12-7-8-12/h4-6,9-10,12,14H,3,7-8,19H2,1-2H3/t14-/m0/s1. The molecule has 3 aromatic rings. The van der Waals surface area contributed by atoms with Crippen LogP contribution in [0.5, 0.6) is 0 Å². The molecule has 2 aromatic heterocycles. The average Bonchev–Trinajstić information content (AvgIpc) is 3.33. The number of nitrogens with two attached hydrogens (primary N) is 1. The summed E-state index contributed by atoms with van der Waals surface area (Å²) in [4.78, 5) is 18.1. The van der Waals surface area contributed by atoms with E-state index in [4.69, 9.17) is 10.7 Å². The minimum atomic E-state index is -0.218. The van der Waals surface area contributed by atoms with Gasteiger partial charge in [-0.3, -0.25) is 14.0 Å². The smallest absolute Gasteiger partial charge is 0.262 e. The quantitative estimate of drug-likeness (QED) is 0.800. The second-order valence-corrected chi connectivity index (χ2v) is 6.49. The molecule has 6 nitrogen and oxygen atoms in total. The predicted molar refractivity (Wildman–Crippen MR) is 93.7 cm³/mol. The van der Waals surface area contributed by atoms with Crippen LogP contribution in [-0.4, -0.2) is 19.3 Å². The zero-order chi connectivity index (χ0) is 16.8. The lowest BCUT2D eigenvalue weighted by atomic mass is 10.0. The zero-order valence-corrected chi connectivity index (χ0v) is 13.9. The van der Waals surface area contributed by atoms with Crippen LogP contribution in [0.2, 0.25) is 0 Å². The molecule has 0 amide bonds. The molecule has 2 N–H and O–H groups in total. The summed E-state index contributed by atoms with van der Waals surface area (Å²) in [5.74, 6) is 0.709. The Morgan fingerprint density at radius 1 is 1.38 bits per heavy atom. The van der Waals surface area contributed by atoms with Crippen molar-refractivity contribution in [3.8, 4) is 11.1 Å². The molecule has 1 atom stereocenters. The monoisotopic (exact) mass is 323 g/mol. The van der Waals surface area contributed by atoms with E-state index in [1.807, 2.05) is 42.9 Å². The van der Waals surface area contributed by atoms with E-state index < -0.39 is 0 Å². The molecule has 124 valence electrons. The largest absolute Gasteiger partial charge is 0.321 e. The summed E-state index contributed by atoms with van der Waals surface area (Å²) in [7, 11) is 1.87. The molecule has 1 aliphatic rings. The lowest BCUT2D eigenvalue weighted by Crippen LogP contribution is -2.29. The molecule has 0 radical (unpaired) electrons. The lowest BCUT2D eigenvalue weighted by Gasteiger charge is -2.18. The summed E-state index contributed by atoms with van der Waals surface area (Å²) in [5.41, 5.74) is 8.76. The Balaban J connectivity index is 2.04. The van der Waals surface area contributed by atoms with Crippen LogP contribution >= 0.6 is 0 Å². The van der Waals surface area contributed by atoms with Crippen LogP contribution in [0, 0.1) is 0 Å². The van der Waals surface area contributed by atoms with Gasteiger partial charge in [0.15, 0.2) is 0 Å². The summed E-state index contributed by atoms with van der Waals surface area (Å²) in [6.07, 6.45) is 6.49. The van der Waals surface area contributed by atoms with Gasteiger partial charge < -0.3 is 5.73 Å². The summed E-state index contributed by atoms with van der Waals surface area (Å²) in [5, 5.41) is 4.88. The van der Waals surface area contributed by atoms with Gasteiger partial charge in [-0.15, -0.1) is 0 Å². The van der Waals surface area contributed by atoms with Crippen LogP contribution in [0.15, 0.2) is 35.4 Å². The first kappa shape index (κ1) is 15.1. The molecule has 6 heteroatoms. The van der Waals surface area contributed by atoms with E-state index in [2.05, 4.69) is 5.10 Å². The molecule has 0 saturated heterocycles. The fraction of sp³-hybridized carbons (Fsp3) is 0.389. The van der Waals surface area contributed by atoms with Gasteiger partial charge in [0.1, 0.15) is 5.82 Å². The molecule has 0 spiro atoms. The Labute approximate surface area is 139 Å². The SMILES string of the molecule is CC[C@H](N)c1nc2cccc(-c3cnn(C)c3)c2c(=O)n1C1CC1. The van der Waals surface area contributed by atoms with Gasteiger partial charge >= 0.3 is 0 Å². The minimum absolute atomic E-state index is 0.0147. The molecule has 24 heavy (non-hydrogen) atoms. The molecule has 0 unspecified atom stereocenters. The molecule has 1 aromatic carbocycles. The summed E-state index contributed by atoms with van der Waals surface area (Å²) >= 11 is 0. The first-order valence-corrected chi connectivity index (χ1v) is 8.40. The molecule has 2 heterocycles. The Morgan fingerprint density at radius 3 is 2.79 bits per heavy atom. The van der Waals surface area contributed by atoms with Crippen LogP contribution in [0.3, 0.4) is 0 Å². The van der Waals surface area contributed by atoms with E-state index in [9.17, 15) is 4.79 Å². The van der Waals surface area contributed by atoms with Crippen molar-refractivity contribution in [1.29, 1.82) is 0 Å². The lowest BCUT2D eigenvalue weighted by molar-refractivity contribution is 0.558. The number of benzene rings is 1. The molecule has 1 saturated carbocycles. The molecule has 1 fully saturated rings. The van der Waals surface area contributed by atoms with Gasteiger partial charge in [0.2, 0.25) is 0 Å². The van der Waals surface area contributed by atoms with Crippen molar-refractivity contribution in [3.63, 3.8) is 0 Å². The van der Waals surface area contributed by atoms with Gasteiger partial charge in [-0.2, -0.15) is 5.10 Å². The number of aryl methyl sites for hydroxylation is 1. The fourth-order valence-electron chi connectivity index (χ4n) is 3.19. The van der Waals surface area contributed by atoms with Crippen molar-refractivity contribution < 1.29 is 0 Å².